The van der Waals surface area contributed by atoms with Crippen molar-refractivity contribution in [2.75, 3.05) is 38.5 Å². The average molecular weight is 322 g/mol. The molecule has 0 saturated carbocycles. The van der Waals surface area contributed by atoms with Gasteiger partial charge < -0.3 is 20.9 Å². The maximum Gasteiger partial charge on any atom is 0.321 e. The number of halogens is 1. The minimum absolute atomic E-state index is 0.0383. The molecule has 3 N–H and O–H groups in total. The van der Waals surface area contributed by atoms with Gasteiger partial charge in [0, 0.05) is 26.2 Å². The Morgan fingerprint density at radius 3 is 2.83 bits per heavy atom. The highest BCUT2D eigenvalue weighted by Crippen LogP contribution is 2.19. The molecule has 0 bridgehead atoms. The molecule has 1 fully saturated rings. The van der Waals surface area contributed by atoms with Crippen LogP contribution in [0, 0.1) is 11.7 Å². The number of piperidine rings is 1. The summed E-state index contributed by atoms with van der Waals surface area (Å²) in [5, 5.41) is 8.37. The van der Waals surface area contributed by atoms with E-state index in [1.54, 1.807) is 17.0 Å². The molecular weight excluding hydrogens is 299 g/mol. The smallest absolute Gasteiger partial charge is 0.321 e. The summed E-state index contributed by atoms with van der Waals surface area (Å²) in [5.41, 5.74) is 0.151. The molecule has 1 heterocycles. The van der Waals surface area contributed by atoms with Gasteiger partial charge in [-0.1, -0.05) is 12.1 Å². The van der Waals surface area contributed by atoms with E-state index in [-0.39, 0.29) is 23.5 Å². The van der Waals surface area contributed by atoms with Crippen LogP contribution >= 0.6 is 0 Å². The van der Waals surface area contributed by atoms with Gasteiger partial charge in [0.05, 0.1) is 11.6 Å². The van der Waals surface area contributed by atoms with Crippen LogP contribution in [0.4, 0.5) is 14.9 Å². The Bertz CT molecular complexity index is 553. The SMILES string of the molecule is CNCCNC(=O)C1CCCN(C(=O)Nc2ccccc2F)C1. The summed E-state index contributed by atoms with van der Waals surface area (Å²) in [5.74, 6) is -0.727. The van der Waals surface area contributed by atoms with E-state index >= 15 is 0 Å². The van der Waals surface area contributed by atoms with E-state index in [2.05, 4.69) is 16.0 Å². The summed E-state index contributed by atoms with van der Waals surface area (Å²) in [6, 6.07) is 5.66. The number of amides is 3. The first-order chi connectivity index (χ1) is 11.1. The van der Waals surface area contributed by atoms with Crippen LogP contribution in [0.1, 0.15) is 12.8 Å². The maximum absolute atomic E-state index is 13.6. The molecule has 2 rings (SSSR count). The number of carbonyl (C=O) groups excluding carboxylic acids is 2. The predicted octanol–water partition coefficient (Wildman–Crippen LogP) is 1.41. The van der Waals surface area contributed by atoms with Crippen molar-refractivity contribution in [3.05, 3.63) is 30.1 Å². The van der Waals surface area contributed by atoms with Crippen LogP contribution in [0.3, 0.4) is 0 Å². The molecule has 6 nitrogen and oxygen atoms in total. The molecule has 0 aliphatic carbocycles. The van der Waals surface area contributed by atoms with Gasteiger partial charge in [0.25, 0.3) is 0 Å². The molecule has 23 heavy (non-hydrogen) atoms. The van der Waals surface area contributed by atoms with Crippen molar-refractivity contribution in [2.24, 2.45) is 5.92 Å². The minimum atomic E-state index is -0.473. The van der Waals surface area contributed by atoms with Crippen LogP contribution < -0.4 is 16.0 Å². The number of hydrogen-bond acceptors (Lipinski definition) is 3. The Morgan fingerprint density at radius 2 is 2.09 bits per heavy atom. The Kier molecular flexibility index (Phi) is 6.34. The lowest BCUT2D eigenvalue weighted by Gasteiger charge is -2.32. The van der Waals surface area contributed by atoms with Crippen molar-refractivity contribution >= 4 is 17.6 Å². The quantitative estimate of drug-likeness (QED) is 0.718. The van der Waals surface area contributed by atoms with Crippen molar-refractivity contribution < 1.29 is 14.0 Å². The molecule has 3 amide bonds. The van der Waals surface area contributed by atoms with E-state index in [9.17, 15) is 14.0 Å². The minimum Gasteiger partial charge on any atom is -0.355 e. The average Bonchev–Trinajstić information content (AvgIpc) is 2.57. The number of nitrogens with one attached hydrogen (secondary N) is 3. The van der Waals surface area contributed by atoms with Crippen molar-refractivity contribution in [1.29, 1.82) is 0 Å². The topological polar surface area (TPSA) is 73.5 Å². The summed E-state index contributed by atoms with van der Waals surface area (Å²) in [7, 11) is 1.82. The number of nitrogens with zero attached hydrogens (tertiary/aromatic N) is 1. The van der Waals surface area contributed by atoms with Gasteiger partial charge >= 0.3 is 6.03 Å². The molecule has 1 aliphatic heterocycles. The van der Waals surface area contributed by atoms with E-state index in [1.807, 2.05) is 7.05 Å². The molecular formula is C16H23FN4O2. The summed E-state index contributed by atoms with van der Waals surface area (Å²) >= 11 is 0. The van der Waals surface area contributed by atoms with Gasteiger partial charge in [-0.25, -0.2) is 9.18 Å². The third-order valence-corrected chi connectivity index (χ3v) is 3.87. The Labute approximate surface area is 135 Å². The summed E-state index contributed by atoms with van der Waals surface area (Å²) in [4.78, 5) is 25.9. The van der Waals surface area contributed by atoms with Crippen molar-refractivity contribution in [1.82, 2.24) is 15.5 Å². The van der Waals surface area contributed by atoms with Gasteiger partial charge in [-0.2, -0.15) is 0 Å². The second-order valence-corrected chi connectivity index (χ2v) is 5.59. The molecule has 1 aromatic rings. The third kappa shape index (κ3) is 4.92. The van der Waals surface area contributed by atoms with Crippen LogP contribution in [-0.4, -0.2) is 50.1 Å². The van der Waals surface area contributed by atoms with Crippen molar-refractivity contribution in [2.45, 2.75) is 12.8 Å². The Morgan fingerprint density at radius 1 is 1.30 bits per heavy atom. The zero-order valence-corrected chi connectivity index (χ0v) is 13.3. The number of hydrogen-bond donors (Lipinski definition) is 3. The summed E-state index contributed by atoms with van der Waals surface area (Å²) < 4.78 is 13.6. The Hall–Kier alpha value is -2.15. The van der Waals surface area contributed by atoms with Gasteiger partial charge in [-0.3, -0.25) is 4.79 Å². The van der Waals surface area contributed by atoms with Crippen LogP contribution in [0.2, 0.25) is 0 Å². The zero-order valence-electron chi connectivity index (χ0n) is 13.3. The molecule has 1 saturated heterocycles. The van der Waals surface area contributed by atoms with Crippen LogP contribution in [0.5, 0.6) is 0 Å². The highest BCUT2D eigenvalue weighted by atomic mass is 19.1. The number of carbonyl (C=O) groups is 2. The van der Waals surface area contributed by atoms with E-state index in [1.165, 1.54) is 12.1 Å². The van der Waals surface area contributed by atoms with E-state index in [0.717, 1.165) is 12.8 Å². The van der Waals surface area contributed by atoms with Gasteiger partial charge in [0.2, 0.25) is 5.91 Å². The highest BCUT2D eigenvalue weighted by Gasteiger charge is 2.28. The van der Waals surface area contributed by atoms with Crippen molar-refractivity contribution in [3.63, 3.8) is 0 Å². The molecule has 1 atom stereocenters. The van der Waals surface area contributed by atoms with Crippen LogP contribution in [0.25, 0.3) is 0 Å². The zero-order chi connectivity index (χ0) is 16.7. The van der Waals surface area contributed by atoms with Gasteiger partial charge in [0.1, 0.15) is 5.82 Å². The van der Waals surface area contributed by atoms with Crippen molar-refractivity contribution in [3.8, 4) is 0 Å². The lowest BCUT2D eigenvalue weighted by atomic mass is 9.97. The lowest BCUT2D eigenvalue weighted by Crippen LogP contribution is -2.47. The molecule has 0 aromatic heterocycles. The normalized spacial score (nSPS) is 17.7. The van der Waals surface area contributed by atoms with Gasteiger partial charge in [0.15, 0.2) is 0 Å². The molecule has 0 radical (unpaired) electrons. The predicted molar refractivity (Wildman–Crippen MR) is 86.7 cm³/mol. The largest absolute Gasteiger partial charge is 0.355 e. The molecule has 126 valence electrons. The lowest BCUT2D eigenvalue weighted by molar-refractivity contribution is -0.126. The summed E-state index contributed by atoms with van der Waals surface area (Å²) in [6.07, 6.45) is 1.52. The number of likely N-dealkylation sites (N-methyl/N-ethyl adjacent to an activating group) is 1. The second kappa shape index (κ2) is 8.47. The molecule has 1 aliphatic rings. The van der Waals surface area contributed by atoms with Gasteiger partial charge in [-0.05, 0) is 32.0 Å². The number of anilines is 1. The fraction of sp³-hybridized carbons (Fsp3) is 0.500. The molecule has 1 unspecified atom stereocenters. The standard InChI is InChI=1S/C16H23FN4O2/c1-18-8-9-19-15(22)12-5-4-10-21(11-12)16(23)20-14-7-3-2-6-13(14)17/h2-3,6-7,12,18H,4-5,8-11H2,1H3,(H,19,22)(H,20,23). The highest BCUT2D eigenvalue weighted by molar-refractivity contribution is 5.90. The number of urea groups is 1. The molecule has 1 aromatic carbocycles. The maximum atomic E-state index is 13.6. The number of likely N-dealkylation sites (tertiary alicyclic amines) is 1. The fourth-order valence-corrected chi connectivity index (χ4v) is 2.59. The van der Waals surface area contributed by atoms with Crippen LogP contribution in [0.15, 0.2) is 24.3 Å². The molecule has 7 heteroatoms. The third-order valence-electron chi connectivity index (χ3n) is 3.87. The van der Waals surface area contributed by atoms with E-state index in [4.69, 9.17) is 0 Å². The first-order valence-electron chi connectivity index (χ1n) is 7.84. The van der Waals surface area contributed by atoms with Crippen LogP contribution in [-0.2, 0) is 4.79 Å². The monoisotopic (exact) mass is 322 g/mol. The Balaban J connectivity index is 1.89. The first kappa shape index (κ1) is 17.2. The number of benzene rings is 1. The number of rotatable bonds is 5. The van der Waals surface area contributed by atoms with Gasteiger partial charge in [-0.15, -0.1) is 0 Å². The molecule has 0 spiro atoms. The summed E-state index contributed by atoms with van der Waals surface area (Å²) in [6.45, 7) is 2.19. The van der Waals surface area contributed by atoms with E-state index < -0.39 is 5.82 Å². The number of para-hydroxylation sites is 1. The first-order valence-corrected chi connectivity index (χ1v) is 7.84. The second-order valence-electron chi connectivity index (χ2n) is 5.59. The fourth-order valence-electron chi connectivity index (χ4n) is 2.59. The van der Waals surface area contributed by atoms with E-state index in [0.29, 0.717) is 26.2 Å².